The van der Waals surface area contributed by atoms with Gasteiger partial charge in [0.05, 0.1) is 0 Å². The molecule has 0 spiro atoms. The smallest absolute Gasteiger partial charge is 0.253 e. The molecular weight excluding hydrogens is 260 g/mol. The van der Waals surface area contributed by atoms with Gasteiger partial charge in [0, 0.05) is 24.7 Å². The predicted octanol–water partition coefficient (Wildman–Crippen LogP) is 2.03. The second-order valence-electron chi connectivity index (χ2n) is 5.36. The predicted molar refractivity (Wildman–Crippen MR) is 79.1 cm³/mol. The van der Waals surface area contributed by atoms with Crippen LogP contribution in [-0.4, -0.2) is 37.0 Å². The van der Waals surface area contributed by atoms with Gasteiger partial charge >= 0.3 is 0 Å². The molecule has 1 aliphatic carbocycles. The summed E-state index contributed by atoms with van der Waals surface area (Å²) >= 11 is 0. The Morgan fingerprint density at radius 2 is 2.11 bits per heavy atom. The first-order chi connectivity index (χ1) is 8.78. The lowest BCUT2D eigenvalue weighted by Crippen LogP contribution is -2.33. The Hall–Kier alpha value is -1.06. The molecule has 0 saturated carbocycles. The normalized spacial score (nSPS) is 21.1. The summed E-state index contributed by atoms with van der Waals surface area (Å²) in [5.41, 5.74) is 3.68. The van der Waals surface area contributed by atoms with Crippen molar-refractivity contribution in [3.05, 3.63) is 34.9 Å². The quantitative estimate of drug-likeness (QED) is 0.899. The van der Waals surface area contributed by atoms with E-state index in [-0.39, 0.29) is 18.3 Å². The lowest BCUT2D eigenvalue weighted by molar-refractivity contribution is 0.0789. The van der Waals surface area contributed by atoms with Gasteiger partial charge < -0.3 is 10.2 Å². The number of carbonyl (C=O) groups is 1. The number of likely N-dealkylation sites (tertiary alicyclic amines) is 1. The molecule has 1 aliphatic heterocycles. The molecule has 104 valence electrons. The second kappa shape index (κ2) is 5.93. The van der Waals surface area contributed by atoms with Gasteiger partial charge in [0.1, 0.15) is 0 Å². The van der Waals surface area contributed by atoms with Crippen LogP contribution in [0.4, 0.5) is 0 Å². The zero-order valence-electron chi connectivity index (χ0n) is 11.3. The molecule has 1 aromatic rings. The van der Waals surface area contributed by atoms with E-state index in [0.29, 0.717) is 6.04 Å². The summed E-state index contributed by atoms with van der Waals surface area (Å²) in [7, 11) is 1.97. The number of rotatable bonds is 2. The maximum atomic E-state index is 12.4. The van der Waals surface area contributed by atoms with Crippen LogP contribution < -0.4 is 5.32 Å². The van der Waals surface area contributed by atoms with Crippen LogP contribution in [0.15, 0.2) is 18.2 Å². The Morgan fingerprint density at radius 3 is 2.84 bits per heavy atom. The molecule has 1 fully saturated rings. The minimum absolute atomic E-state index is 0. The summed E-state index contributed by atoms with van der Waals surface area (Å²) in [5.74, 6) is 0.197. The molecule has 3 rings (SSSR count). The fourth-order valence-electron chi connectivity index (χ4n) is 3.07. The highest BCUT2D eigenvalue weighted by atomic mass is 35.5. The Bertz CT molecular complexity index is 475. The third-order valence-corrected chi connectivity index (χ3v) is 4.23. The molecule has 1 amide bonds. The van der Waals surface area contributed by atoms with E-state index in [9.17, 15) is 4.79 Å². The summed E-state index contributed by atoms with van der Waals surface area (Å²) in [5, 5.41) is 3.25. The number of benzene rings is 1. The third kappa shape index (κ3) is 2.77. The molecule has 1 heterocycles. The van der Waals surface area contributed by atoms with Crippen molar-refractivity contribution in [2.24, 2.45) is 0 Å². The Kier molecular flexibility index (Phi) is 4.48. The minimum Gasteiger partial charge on any atom is -0.337 e. The standard InChI is InChI=1S/C15H20N2O.ClH/c1-16-14-7-8-17(10-14)15(18)13-6-5-11-3-2-4-12(11)9-13;/h5-6,9,14,16H,2-4,7-8,10H2,1H3;1H. The van der Waals surface area contributed by atoms with Crippen molar-refractivity contribution in [1.82, 2.24) is 10.2 Å². The van der Waals surface area contributed by atoms with E-state index in [1.807, 2.05) is 18.0 Å². The molecule has 3 nitrogen and oxygen atoms in total. The number of amides is 1. The molecule has 1 N–H and O–H groups in total. The number of aryl methyl sites for hydroxylation is 2. The van der Waals surface area contributed by atoms with Crippen LogP contribution in [0.3, 0.4) is 0 Å². The summed E-state index contributed by atoms with van der Waals surface area (Å²) in [6.45, 7) is 1.72. The maximum absolute atomic E-state index is 12.4. The molecule has 19 heavy (non-hydrogen) atoms. The number of nitrogens with zero attached hydrogens (tertiary/aromatic N) is 1. The first-order valence-electron chi connectivity index (χ1n) is 6.86. The van der Waals surface area contributed by atoms with E-state index in [1.54, 1.807) is 0 Å². The van der Waals surface area contributed by atoms with Crippen molar-refractivity contribution >= 4 is 18.3 Å². The monoisotopic (exact) mass is 280 g/mol. The van der Waals surface area contributed by atoms with Gasteiger partial charge in [-0.05, 0) is 56.0 Å². The third-order valence-electron chi connectivity index (χ3n) is 4.23. The molecule has 1 unspecified atom stereocenters. The van der Waals surface area contributed by atoms with Crippen molar-refractivity contribution in [2.45, 2.75) is 31.7 Å². The summed E-state index contributed by atoms with van der Waals surface area (Å²) in [6.07, 6.45) is 4.61. The molecule has 1 atom stereocenters. The van der Waals surface area contributed by atoms with E-state index < -0.39 is 0 Å². The Balaban J connectivity index is 0.00000133. The van der Waals surface area contributed by atoms with Crippen molar-refractivity contribution in [3.63, 3.8) is 0 Å². The molecule has 1 aromatic carbocycles. The van der Waals surface area contributed by atoms with E-state index in [4.69, 9.17) is 0 Å². The highest BCUT2D eigenvalue weighted by Gasteiger charge is 2.26. The van der Waals surface area contributed by atoms with E-state index in [0.717, 1.165) is 31.5 Å². The van der Waals surface area contributed by atoms with Gasteiger partial charge in [0.15, 0.2) is 0 Å². The number of hydrogen-bond donors (Lipinski definition) is 1. The number of likely N-dealkylation sites (N-methyl/N-ethyl adjacent to an activating group) is 1. The molecular formula is C15H21ClN2O. The lowest BCUT2D eigenvalue weighted by atomic mass is 10.1. The number of hydrogen-bond acceptors (Lipinski definition) is 2. The van der Waals surface area contributed by atoms with E-state index in [2.05, 4.69) is 17.4 Å². The fraction of sp³-hybridized carbons (Fsp3) is 0.533. The van der Waals surface area contributed by atoms with Gasteiger partial charge in [-0.25, -0.2) is 0 Å². The van der Waals surface area contributed by atoms with Crippen molar-refractivity contribution in [2.75, 3.05) is 20.1 Å². The van der Waals surface area contributed by atoms with Gasteiger partial charge in [-0.3, -0.25) is 4.79 Å². The SMILES string of the molecule is CNC1CCN(C(=O)c2ccc3c(c2)CCC3)C1.Cl. The first kappa shape index (κ1) is 14.4. The van der Waals surface area contributed by atoms with Gasteiger partial charge in [-0.1, -0.05) is 6.07 Å². The van der Waals surface area contributed by atoms with Crippen molar-refractivity contribution in [1.29, 1.82) is 0 Å². The van der Waals surface area contributed by atoms with Gasteiger partial charge in [0.25, 0.3) is 5.91 Å². The molecule has 2 aliphatic rings. The van der Waals surface area contributed by atoms with Crippen LogP contribution in [0.5, 0.6) is 0 Å². The number of fused-ring (bicyclic) bond motifs is 1. The van der Waals surface area contributed by atoms with Gasteiger partial charge in [0.2, 0.25) is 0 Å². The molecule has 0 radical (unpaired) electrons. The van der Waals surface area contributed by atoms with Crippen molar-refractivity contribution in [3.8, 4) is 0 Å². The van der Waals surface area contributed by atoms with Crippen LogP contribution in [-0.2, 0) is 12.8 Å². The average molecular weight is 281 g/mol. The highest BCUT2D eigenvalue weighted by Crippen LogP contribution is 2.24. The second-order valence-corrected chi connectivity index (χ2v) is 5.36. The van der Waals surface area contributed by atoms with Crippen LogP contribution in [0.25, 0.3) is 0 Å². The van der Waals surface area contributed by atoms with Crippen LogP contribution >= 0.6 is 12.4 Å². The maximum Gasteiger partial charge on any atom is 0.253 e. The molecule has 1 saturated heterocycles. The largest absolute Gasteiger partial charge is 0.337 e. The highest BCUT2D eigenvalue weighted by molar-refractivity contribution is 5.94. The topological polar surface area (TPSA) is 32.3 Å². The molecule has 0 aromatic heterocycles. The minimum atomic E-state index is 0. The first-order valence-corrected chi connectivity index (χ1v) is 6.86. The van der Waals surface area contributed by atoms with Gasteiger partial charge in [-0.2, -0.15) is 0 Å². The van der Waals surface area contributed by atoms with E-state index in [1.165, 1.54) is 24.0 Å². The zero-order chi connectivity index (χ0) is 12.5. The van der Waals surface area contributed by atoms with Crippen LogP contribution in [0.1, 0.15) is 34.3 Å². The van der Waals surface area contributed by atoms with Crippen LogP contribution in [0.2, 0.25) is 0 Å². The van der Waals surface area contributed by atoms with E-state index >= 15 is 0 Å². The Morgan fingerprint density at radius 1 is 1.32 bits per heavy atom. The fourth-order valence-corrected chi connectivity index (χ4v) is 3.07. The average Bonchev–Trinajstić information content (AvgIpc) is 3.05. The Labute approximate surface area is 120 Å². The van der Waals surface area contributed by atoms with Gasteiger partial charge in [-0.15, -0.1) is 12.4 Å². The zero-order valence-corrected chi connectivity index (χ0v) is 12.1. The number of halogens is 1. The summed E-state index contributed by atoms with van der Waals surface area (Å²) in [6, 6.07) is 6.71. The lowest BCUT2D eigenvalue weighted by Gasteiger charge is -2.17. The molecule has 0 bridgehead atoms. The number of nitrogens with one attached hydrogen (secondary N) is 1. The summed E-state index contributed by atoms with van der Waals surface area (Å²) in [4.78, 5) is 14.4. The van der Waals surface area contributed by atoms with Crippen molar-refractivity contribution < 1.29 is 4.79 Å². The number of carbonyl (C=O) groups excluding carboxylic acids is 1. The van der Waals surface area contributed by atoms with Crippen LogP contribution in [0, 0.1) is 0 Å². The summed E-state index contributed by atoms with van der Waals surface area (Å²) < 4.78 is 0. The molecule has 4 heteroatoms.